The molecular weight excluding hydrogens is 372 g/mol. The molecule has 1 fully saturated rings. The molecule has 3 rings (SSSR count). The standard InChI is InChI=1S/C19H19F2N3O4/c1-28-18-5-2-13(10-16(18)21)12-22-6-8-23(9-7-22)19(25)14-3-4-15(20)17(11-14)24(26)27/h2-5,10-11H,6-9,12H2,1H3/p+1. The van der Waals surface area contributed by atoms with E-state index in [1.165, 1.54) is 24.1 Å². The summed E-state index contributed by atoms with van der Waals surface area (Å²) in [6.45, 7) is 2.84. The Bertz CT molecular complexity index is 899. The molecule has 1 aliphatic heterocycles. The number of quaternary nitrogens is 1. The SMILES string of the molecule is COc1ccc(C[NH+]2CCN(C(=O)c3ccc(F)c([N+](=O)[O-])c3)CC2)cc1F. The largest absolute Gasteiger partial charge is 0.494 e. The van der Waals surface area contributed by atoms with Crippen LogP contribution in [-0.2, 0) is 6.54 Å². The van der Waals surface area contributed by atoms with E-state index in [2.05, 4.69) is 0 Å². The van der Waals surface area contributed by atoms with E-state index in [1.807, 2.05) is 6.07 Å². The van der Waals surface area contributed by atoms with Gasteiger partial charge in [-0.1, -0.05) is 0 Å². The van der Waals surface area contributed by atoms with Gasteiger partial charge in [0.1, 0.15) is 6.54 Å². The van der Waals surface area contributed by atoms with Crippen LogP contribution in [0.4, 0.5) is 14.5 Å². The van der Waals surface area contributed by atoms with Crippen LogP contribution in [-0.4, -0.2) is 49.0 Å². The molecule has 0 radical (unpaired) electrons. The minimum absolute atomic E-state index is 0.0915. The zero-order chi connectivity index (χ0) is 20.3. The van der Waals surface area contributed by atoms with Crippen LogP contribution in [0.1, 0.15) is 15.9 Å². The quantitative estimate of drug-likeness (QED) is 0.617. The third-order valence-corrected chi connectivity index (χ3v) is 4.82. The summed E-state index contributed by atoms with van der Waals surface area (Å²) in [5, 5.41) is 10.9. The van der Waals surface area contributed by atoms with E-state index in [0.717, 1.165) is 17.7 Å². The van der Waals surface area contributed by atoms with Crippen LogP contribution in [0.5, 0.6) is 5.75 Å². The Morgan fingerprint density at radius 2 is 1.89 bits per heavy atom. The van der Waals surface area contributed by atoms with Crippen molar-refractivity contribution in [2.24, 2.45) is 0 Å². The summed E-state index contributed by atoms with van der Waals surface area (Å²) in [4.78, 5) is 25.4. The number of benzene rings is 2. The molecule has 0 spiro atoms. The first-order chi connectivity index (χ1) is 13.4. The number of nitro benzene ring substituents is 1. The summed E-state index contributed by atoms with van der Waals surface area (Å²) in [7, 11) is 1.41. The number of halogens is 2. The van der Waals surface area contributed by atoms with Gasteiger partial charge in [-0.05, 0) is 30.3 Å². The lowest BCUT2D eigenvalue weighted by molar-refractivity contribution is -0.917. The molecule has 0 unspecified atom stereocenters. The van der Waals surface area contributed by atoms with Crippen LogP contribution >= 0.6 is 0 Å². The van der Waals surface area contributed by atoms with Gasteiger partial charge in [0.05, 0.1) is 38.2 Å². The predicted octanol–water partition coefficient (Wildman–Crippen LogP) is 1.42. The van der Waals surface area contributed by atoms with Crippen molar-refractivity contribution in [3.05, 3.63) is 69.3 Å². The Morgan fingerprint density at radius 3 is 2.50 bits per heavy atom. The molecule has 7 nitrogen and oxygen atoms in total. The van der Waals surface area contributed by atoms with Crippen molar-refractivity contribution in [3.63, 3.8) is 0 Å². The molecule has 0 aliphatic carbocycles. The van der Waals surface area contributed by atoms with Crippen molar-refractivity contribution in [3.8, 4) is 5.75 Å². The highest BCUT2D eigenvalue weighted by atomic mass is 19.1. The molecule has 1 saturated heterocycles. The number of nitrogens with zero attached hydrogens (tertiary/aromatic N) is 2. The normalized spacial score (nSPS) is 14.8. The molecule has 9 heteroatoms. The molecule has 2 aromatic rings. The highest BCUT2D eigenvalue weighted by molar-refractivity contribution is 5.94. The molecule has 1 amide bonds. The summed E-state index contributed by atoms with van der Waals surface area (Å²) >= 11 is 0. The van der Waals surface area contributed by atoms with Gasteiger partial charge in [-0.25, -0.2) is 4.39 Å². The van der Waals surface area contributed by atoms with Gasteiger partial charge in [-0.3, -0.25) is 14.9 Å². The van der Waals surface area contributed by atoms with Gasteiger partial charge >= 0.3 is 5.69 Å². The molecule has 1 aliphatic rings. The zero-order valence-corrected chi connectivity index (χ0v) is 15.3. The average molecular weight is 392 g/mol. The smallest absolute Gasteiger partial charge is 0.305 e. The maximum atomic E-state index is 13.8. The molecular formula is C19H20F2N3O4+. The molecule has 1 heterocycles. The predicted molar refractivity (Wildman–Crippen MR) is 96.3 cm³/mol. The number of carbonyl (C=O) groups is 1. The number of carbonyl (C=O) groups excluding carboxylic acids is 1. The fourth-order valence-corrected chi connectivity index (χ4v) is 3.28. The van der Waals surface area contributed by atoms with Crippen molar-refractivity contribution in [1.29, 1.82) is 0 Å². The highest BCUT2D eigenvalue weighted by Gasteiger charge is 2.26. The maximum absolute atomic E-state index is 13.8. The molecule has 0 atom stereocenters. The van der Waals surface area contributed by atoms with Crippen LogP contribution in [0.3, 0.4) is 0 Å². The van der Waals surface area contributed by atoms with Crippen molar-refractivity contribution >= 4 is 11.6 Å². The second-order valence-electron chi connectivity index (χ2n) is 6.61. The van der Waals surface area contributed by atoms with Gasteiger partial charge in [-0.15, -0.1) is 0 Å². The summed E-state index contributed by atoms with van der Waals surface area (Å²) in [6, 6.07) is 8.00. The molecule has 0 saturated carbocycles. The first-order valence-corrected chi connectivity index (χ1v) is 8.78. The molecule has 2 aromatic carbocycles. The van der Waals surface area contributed by atoms with E-state index in [9.17, 15) is 23.7 Å². The minimum Gasteiger partial charge on any atom is -0.494 e. The zero-order valence-electron chi connectivity index (χ0n) is 15.3. The highest BCUT2D eigenvalue weighted by Crippen LogP contribution is 2.20. The Balaban J connectivity index is 1.60. The lowest BCUT2D eigenvalue weighted by Gasteiger charge is -2.32. The summed E-state index contributed by atoms with van der Waals surface area (Å²) in [5.41, 5.74) is 0.215. The van der Waals surface area contributed by atoms with Crippen molar-refractivity contribution < 1.29 is 28.1 Å². The van der Waals surface area contributed by atoms with Gasteiger partial charge in [0.25, 0.3) is 5.91 Å². The van der Waals surface area contributed by atoms with Crippen molar-refractivity contribution in [1.82, 2.24) is 4.90 Å². The maximum Gasteiger partial charge on any atom is 0.305 e. The monoisotopic (exact) mass is 392 g/mol. The third kappa shape index (κ3) is 4.25. The first kappa shape index (κ1) is 19.7. The number of ether oxygens (including phenoxy) is 1. The summed E-state index contributed by atoms with van der Waals surface area (Å²) < 4.78 is 32.2. The van der Waals surface area contributed by atoms with Crippen molar-refractivity contribution in [2.45, 2.75) is 6.54 Å². The number of hydrogen-bond donors (Lipinski definition) is 1. The van der Waals surface area contributed by atoms with Gasteiger partial charge in [0, 0.05) is 17.2 Å². The Labute approximate surface area is 160 Å². The molecule has 28 heavy (non-hydrogen) atoms. The first-order valence-electron chi connectivity index (χ1n) is 8.78. The summed E-state index contributed by atoms with van der Waals surface area (Å²) in [5.74, 6) is -1.55. The molecule has 1 N–H and O–H groups in total. The topological polar surface area (TPSA) is 77.1 Å². The molecule has 148 valence electrons. The van der Waals surface area contributed by atoms with E-state index >= 15 is 0 Å². The Morgan fingerprint density at radius 1 is 1.18 bits per heavy atom. The number of piperazine rings is 1. The van der Waals surface area contributed by atoms with Crippen LogP contribution in [0.15, 0.2) is 36.4 Å². The number of hydrogen-bond acceptors (Lipinski definition) is 4. The van der Waals surface area contributed by atoms with Gasteiger partial charge in [0.15, 0.2) is 11.6 Å². The number of amides is 1. The fraction of sp³-hybridized carbons (Fsp3) is 0.316. The van der Waals surface area contributed by atoms with E-state index in [1.54, 1.807) is 11.0 Å². The number of rotatable bonds is 5. The number of nitro groups is 1. The minimum atomic E-state index is -0.970. The average Bonchev–Trinajstić information content (AvgIpc) is 2.68. The Kier molecular flexibility index (Phi) is 5.84. The number of nitrogens with one attached hydrogen (secondary N) is 1. The molecule has 0 aromatic heterocycles. The summed E-state index contributed by atoms with van der Waals surface area (Å²) in [6.07, 6.45) is 0. The van der Waals surface area contributed by atoms with Crippen LogP contribution in [0.2, 0.25) is 0 Å². The van der Waals surface area contributed by atoms with Gasteiger partial charge < -0.3 is 14.5 Å². The number of methoxy groups -OCH3 is 1. The van der Waals surface area contributed by atoms with Gasteiger partial charge in [0.2, 0.25) is 5.82 Å². The van der Waals surface area contributed by atoms with Gasteiger partial charge in [-0.2, -0.15) is 4.39 Å². The van der Waals surface area contributed by atoms with E-state index in [-0.39, 0.29) is 17.2 Å². The fourth-order valence-electron chi connectivity index (χ4n) is 3.28. The van der Waals surface area contributed by atoms with Crippen LogP contribution in [0.25, 0.3) is 0 Å². The Hall–Kier alpha value is -3.07. The lowest BCUT2D eigenvalue weighted by atomic mass is 10.1. The van der Waals surface area contributed by atoms with E-state index < -0.39 is 22.2 Å². The van der Waals surface area contributed by atoms with E-state index in [4.69, 9.17) is 4.74 Å². The second kappa shape index (κ2) is 8.30. The van der Waals surface area contributed by atoms with Crippen LogP contribution in [0, 0.1) is 21.7 Å². The molecule has 0 bridgehead atoms. The second-order valence-corrected chi connectivity index (χ2v) is 6.61. The van der Waals surface area contributed by atoms with Crippen LogP contribution < -0.4 is 9.64 Å². The van der Waals surface area contributed by atoms with E-state index in [0.29, 0.717) is 32.7 Å². The third-order valence-electron chi connectivity index (χ3n) is 4.82. The lowest BCUT2D eigenvalue weighted by Crippen LogP contribution is -3.13. The van der Waals surface area contributed by atoms with Crippen molar-refractivity contribution in [2.75, 3.05) is 33.3 Å².